The predicted octanol–water partition coefficient (Wildman–Crippen LogP) is 1.53. The van der Waals surface area contributed by atoms with Crippen molar-refractivity contribution in [2.24, 2.45) is 16.5 Å². The zero-order chi connectivity index (χ0) is 23.4. The van der Waals surface area contributed by atoms with Crippen molar-refractivity contribution in [1.82, 2.24) is 5.32 Å². The van der Waals surface area contributed by atoms with Crippen LogP contribution in [-0.4, -0.2) is 47.2 Å². The van der Waals surface area contributed by atoms with E-state index in [-0.39, 0.29) is 27.8 Å². The number of benzene rings is 2. The third kappa shape index (κ3) is 4.74. The van der Waals surface area contributed by atoms with E-state index in [0.29, 0.717) is 5.39 Å². The quantitative estimate of drug-likeness (QED) is 0.271. The number of rotatable bonds is 7. The molecule has 0 aliphatic carbocycles. The second-order valence-electron chi connectivity index (χ2n) is 6.81. The van der Waals surface area contributed by atoms with Gasteiger partial charge in [0.15, 0.2) is 11.7 Å². The maximum Gasteiger partial charge on any atom is 0.296 e. The van der Waals surface area contributed by atoms with Crippen LogP contribution in [0, 0.1) is 0 Å². The van der Waals surface area contributed by atoms with E-state index >= 15 is 0 Å². The number of aliphatic imine (C=N–C) groups is 1. The standard InChI is InChI=1S/C21H20F2N4O5/c22-18(23)17-16(14-3-1-2-4-15(14)32-17)10-5-11(19(30)26-13(8-28)9-29)7-12(6-10)20(31)27-21(24)25/h1-7,13,18,28-29H,8-9H2,(H,26,30)(H4,24,25,27,31). The Kier molecular flexibility index (Phi) is 6.81. The number of carbonyl (C=O) groups excluding carboxylic acids is 2. The van der Waals surface area contributed by atoms with E-state index in [1.165, 1.54) is 24.3 Å². The first-order valence-corrected chi connectivity index (χ1v) is 9.36. The van der Waals surface area contributed by atoms with E-state index in [9.17, 15) is 28.6 Å². The highest BCUT2D eigenvalue weighted by atomic mass is 19.3. The molecule has 11 heteroatoms. The SMILES string of the molecule is NC(N)=NC(=O)c1cc(C(=O)NC(CO)CO)cc(-c2c(C(F)F)oc3ccccc23)c1. The fraction of sp³-hybridized carbons (Fsp3) is 0.190. The summed E-state index contributed by atoms with van der Waals surface area (Å²) in [5.74, 6) is -2.81. The summed E-state index contributed by atoms with van der Waals surface area (Å²) in [6, 6.07) is 9.09. The molecule has 0 saturated carbocycles. The number of guanidine groups is 1. The summed E-state index contributed by atoms with van der Waals surface area (Å²) in [5.41, 5.74) is 10.6. The Morgan fingerprint density at radius 1 is 1.06 bits per heavy atom. The number of nitrogens with two attached hydrogens (primary N) is 2. The summed E-state index contributed by atoms with van der Waals surface area (Å²) in [5, 5.41) is 21.2. The highest BCUT2D eigenvalue weighted by Gasteiger charge is 2.25. The maximum atomic E-state index is 13.8. The lowest BCUT2D eigenvalue weighted by molar-refractivity contribution is 0.0879. The number of nitrogens with zero attached hydrogens (tertiary/aromatic N) is 1. The van der Waals surface area contributed by atoms with E-state index in [4.69, 9.17) is 15.9 Å². The number of hydrogen-bond acceptors (Lipinski definition) is 5. The molecule has 2 aromatic carbocycles. The van der Waals surface area contributed by atoms with Crippen molar-refractivity contribution in [2.45, 2.75) is 12.5 Å². The minimum Gasteiger partial charge on any atom is -0.454 e. The largest absolute Gasteiger partial charge is 0.454 e. The van der Waals surface area contributed by atoms with Crippen molar-refractivity contribution in [2.75, 3.05) is 13.2 Å². The molecule has 0 spiro atoms. The number of amides is 2. The van der Waals surface area contributed by atoms with Gasteiger partial charge >= 0.3 is 0 Å². The van der Waals surface area contributed by atoms with Crippen molar-refractivity contribution < 1.29 is 33.0 Å². The lowest BCUT2D eigenvalue weighted by Gasteiger charge is -2.14. The van der Waals surface area contributed by atoms with Gasteiger partial charge in [-0.15, -0.1) is 0 Å². The number of halogens is 2. The molecule has 0 aliphatic rings. The first kappa shape index (κ1) is 22.8. The number of alkyl halides is 2. The Labute approximate surface area is 180 Å². The first-order valence-electron chi connectivity index (χ1n) is 9.36. The third-order valence-electron chi connectivity index (χ3n) is 4.56. The van der Waals surface area contributed by atoms with Gasteiger partial charge in [-0.1, -0.05) is 18.2 Å². The lowest BCUT2D eigenvalue weighted by atomic mass is 9.96. The van der Waals surface area contributed by atoms with Crippen molar-refractivity contribution in [3.05, 3.63) is 59.4 Å². The molecule has 0 radical (unpaired) electrons. The lowest BCUT2D eigenvalue weighted by Crippen LogP contribution is -2.40. The van der Waals surface area contributed by atoms with Gasteiger partial charge in [-0.25, -0.2) is 8.78 Å². The number of fused-ring (bicyclic) bond motifs is 1. The van der Waals surface area contributed by atoms with E-state index in [2.05, 4.69) is 10.3 Å². The van der Waals surface area contributed by atoms with Crippen LogP contribution in [-0.2, 0) is 0 Å². The summed E-state index contributed by atoms with van der Waals surface area (Å²) in [4.78, 5) is 28.5. The number of aliphatic hydroxyl groups is 2. The molecule has 168 valence electrons. The number of nitrogens with one attached hydrogen (secondary N) is 1. The molecule has 0 saturated heterocycles. The molecule has 32 heavy (non-hydrogen) atoms. The van der Waals surface area contributed by atoms with E-state index < -0.39 is 49.2 Å². The second kappa shape index (κ2) is 9.54. The zero-order valence-electron chi connectivity index (χ0n) is 16.6. The van der Waals surface area contributed by atoms with E-state index in [0.717, 1.165) is 0 Å². The number of furan rings is 1. The molecular weight excluding hydrogens is 426 g/mol. The van der Waals surface area contributed by atoms with E-state index in [1.54, 1.807) is 18.2 Å². The molecule has 7 N–H and O–H groups in total. The summed E-state index contributed by atoms with van der Waals surface area (Å²) >= 11 is 0. The van der Waals surface area contributed by atoms with Crippen LogP contribution in [0.25, 0.3) is 22.1 Å². The number of aliphatic hydroxyl groups excluding tert-OH is 2. The fourth-order valence-electron chi connectivity index (χ4n) is 3.14. The average Bonchev–Trinajstić information content (AvgIpc) is 3.16. The molecule has 0 atom stereocenters. The van der Waals surface area contributed by atoms with E-state index in [1.807, 2.05) is 0 Å². The molecule has 1 aromatic heterocycles. The van der Waals surface area contributed by atoms with Crippen LogP contribution in [0.15, 0.2) is 51.9 Å². The molecular formula is C21H20F2N4O5. The number of carbonyl (C=O) groups is 2. The molecule has 0 aliphatic heterocycles. The van der Waals surface area contributed by atoms with Gasteiger partial charge in [-0.05, 0) is 29.8 Å². The predicted molar refractivity (Wildman–Crippen MR) is 112 cm³/mol. The van der Waals surface area contributed by atoms with Gasteiger partial charge in [-0.2, -0.15) is 4.99 Å². The molecule has 0 bridgehead atoms. The van der Waals surface area contributed by atoms with Gasteiger partial charge in [0.2, 0.25) is 0 Å². The van der Waals surface area contributed by atoms with Gasteiger partial charge in [-0.3, -0.25) is 9.59 Å². The van der Waals surface area contributed by atoms with Crippen LogP contribution in [0.5, 0.6) is 0 Å². The Balaban J connectivity index is 2.23. The van der Waals surface area contributed by atoms with Crippen LogP contribution in [0.4, 0.5) is 8.78 Å². The fourth-order valence-corrected chi connectivity index (χ4v) is 3.14. The normalized spacial score (nSPS) is 11.2. The highest BCUT2D eigenvalue weighted by Crippen LogP contribution is 2.40. The van der Waals surface area contributed by atoms with Crippen molar-refractivity contribution >= 4 is 28.7 Å². The summed E-state index contributed by atoms with van der Waals surface area (Å²) in [6.45, 7) is -1.08. The van der Waals surface area contributed by atoms with Crippen molar-refractivity contribution in [1.29, 1.82) is 0 Å². The summed E-state index contributed by atoms with van der Waals surface area (Å²) in [6.07, 6.45) is -2.97. The number of para-hydroxylation sites is 1. The monoisotopic (exact) mass is 446 g/mol. The molecule has 0 fully saturated rings. The highest BCUT2D eigenvalue weighted by molar-refractivity contribution is 6.06. The topological polar surface area (TPSA) is 164 Å². The second-order valence-corrected chi connectivity index (χ2v) is 6.81. The molecule has 2 amide bonds. The summed E-state index contributed by atoms with van der Waals surface area (Å²) < 4.78 is 32.8. The Bertz CT molecular complexity index is 1180. The Morgan fingerprint density at radius 2 is 1.72 bits per heavy atom. The van der Waals surface area contributed by atoms with Gasteiger partial charge in [0, 0.05) is 22.1 Å². The van der Waals surface area contributed by atoms with Gasteiger partial charge in [0.1, 0.15) is 5.58 Å². The van der Waals surface area contributed by atoms with Crippen LogP contribution < -0.4 is 16.8 Å². The minimum absolute atomic E-state index is 0.00451. The Hall–Kier alpha value is -3.83. The molecule has 1 heterocycles. The van der Waals surface area contributed by atoms with Crippen molar-refractivity contribution in [3.8, 4) is 11.1 Å². The smallest absolute Gasteiger partial charge is 0.296 e. The molecule has 9 nitrogen and oxygen atoms in total. The first-order chi connectivity index (χ1) is 15.2. The maximum absolute atomic E-state index is 13.8. The zero-order valence-corrected chi connectivity index (χ0v) is 16.6. The minimum atomic E-state index is -2.97. The van der Waals surface area contributed by atoms with Gasteiger partial charge < -0.3 is 31.4 Å². The van der Waals surface area contributed by atoms with Gasteiger partial charge in [0.05, 0.1) is 19.3 Å². The summed E-state index contributed by atoms with van der Waals surface area (Å²) in [7, 11) is 0. The molecule has 0 unspecified atom stereocenters. The number of hydrogen-bond donors (Lipinski definition) is 5. The van der Waals surface area contributed by atoms with Crippen LogP contribution in [0.1, 0.15) is 32.9 Å². The molecule has 3 rings (SSSR count). The molecule has 3 aromatic rings. The average molecular weight is 446 g/mol. The van der Waals surface area contributed by atoms with Crippen LogP contribution in [0.3, 0.4) is 0 Å². The van der Waals surface area contributed by atoms with Crippen LogP contribution >= 0.6 is 0 Å². The van der Waals surface area contributed by atoms with Gasteiger partial charge in [0.25, 0.3) is 18.2 Å². The van der Waals surface area contributed by atoms with Crippen molar-refractivity contribution in [3.63, 3.8) is 0 Å². The third-order valence-corrected chi connectivity index (χ3v) is 4.56. The van der Waals surface area contributed by atoms with Crippen LogP contribution in [0.2, 0.25) is 0 Å². The Morgan fingerprint density at radius 3 is 2.34 bits per heavy atom.